The maximum absolute atomic E-state index is 11.4. The Morgan fingerprint density at radius 2 is 1.56 bits per heavy atom. The number of rotatable bonds is 1. The predicted octanol–water partition coefficient (Wildman–Crippen LogP) is -0.285. The van der Waals surface area contributed by atoms with E-state index in [0.29, 0.717) is 17.5 Å². The summed E-state index contributed by atoms with van der Waals surface area (Å²) in [5.74, 6) is 2.45. The molecule has 0 aromatic rings. The summed E-state index contributed by atoms with van der Waals surface area (Å²) in [5, 5.41) is 3.45. The van der Waals surface area contributed by atoms with E-state index in [4.69, 9.17) is 0 Å². The van der Waals surface area contributed by atoms with E-state index in [1.165, 1.54) is 25.9 Å². The molecule has 5 heteroatoms. The molecule has 4 nitrogen and oxygen atoms in total. The van der Waals surface area contributed by atoms with E-state index in [9.17, 15) is 8.42 Å². The number of nitrogens with one attached hydrogen (secondary N) is 1. The first-order valence-electron chi connectivity index (χ1n) is 6.29. The van der Waals surface area contributed by atoms with Crippen LogP contribution >= 0.6 is 0 Å². The van der Waals surface area contributed by atoms with Crippen molar-refractivity contribution in [2.75, 3.05) is 37.7 Å². The standard InChI is InChI=1S/C11H20N2O2S/c14-16(15)3-1-13(2-4-16)11-5-9-7-12-8-10(9)6-11/h9-12H,1-8H2. The van der Waals surface area contributed by atoms with E-state index < -0.39 is 9.84 Å². The van der Waals surface area contributed by atoms with Gasteiger partial charge in [-0.25, -0.2) is 8.42 Å². The van der Waals surface area contributed by atoms with Crippen LogP contribution in [0.2, 0.25) is 0 Å². The van der Waals surface area contributed by atoms with E-state index in [1.807, 2.05) is 0 Å². The van der Waals surface area contributed by atoms with Crippen molar-refractivity contribution in [2.24, 2.45) is 11.8 Å². The maximum Gasteiger partial charge on any atom is 0.152 e. The van der Waals surface area contributed by atoms with Crippen LogP contribution in [-0.4, -0.2) is 57.0 Å². The molecular formula is C11H20N2O2S. The molecule has 0 amide bonds. The van der Waals surface area contributed by atoms with Crippen LogP contribution < -0.4 is 5.32 Å². The number of nitrogens with zero attached hydrogens (tertiary/aromatic N) is 1. The lowest BCUT2D eigenvalue weighted by atomic mass is 10.0. The second kappa shape index (κ2) is 3.96. The molecule has 3 aliphatic rings. The van der Waals surface area contributed by atoms with Gasteiger partial charge in [0.15, 0.2) is 9.84 Å². The smallest absolute Gasteiger partial charge is 0.152 e. The Balaban J connectivity index is 1.60. The summed E-state index contributed by atoms with van der Waals surface area (Å²) in [4.78, 5) is 2.42. The van der Waals surface area contributed by atoms with Gasteiger partial charge in [-0.3, -0.25) is 4.90 Å². The highest BCUT2D eigenvalue weighted by Crippen LogP contribution is 2.37. The fourth-order valence-electron chi connectivity index (χ4n) is 3.52. The third-order valence-corrected chi connectivity index (χ3v) is 6.13. The van der Waals surface area contributed by atoms with Gasteiger partial charge in [-0.15, -0.1) is 0 Å². The van der Waals surface area contributed by atoms with Crippen LogP contribution in [0.25, 0.3) is 0 Å². The van der Waals surface area contributed by atoms with E-state index in [2.05, 4.69) is 10.2 Å². The minimum atomic E-state index is -2.72. The molecule has 3 rings (SSSR count). The van der Waals surface area contributed by atoms with Crippen molar-refractivity contribution in [1.29, 1.82) is 0 Å². The maximum atomic E-state index is 11.4. The van der Waals surface area contributed by atoms with Crippen molar-refractivity contribution in [2.45, 2.75) is 18.9 Å². The average molecular weight is 244 g/mol. The van der Waals surface area contributed by atoms with Crippen molar-refractivity contribution >= 4 is 9.84 Å². The molecule has 2 atom stereocenters. The number of hydrogen-bond donors (Lipinski definition) is 1. The van der Waals surface area contributed by atoms with Gasteiger partial charge < -0.3 is 5.32 Å². The highest BCUT2D eigenvalue weighted by Gasteiger charge is 2.40. The molecule has 0 radical (unpaired) electrons. The lowest BCUT2D eigenvalue weighted by Gasteiger charge is -2.32. The number of fused-ring (bicyclic) bond motifs is 1. The Kier molecular flexibility index (Phi) is 2.72. The zero-order valence-electron chi connectivity index (χ0n) is 9.56. The Hall–Kier alpha value is -0.130. The van der Waals surface area contributed by atoms with Gasteiger partial charge in [0.25, 0.3) is 0 Å². The third-order valence-electron chi connectivity index (χ3n) is 4.52. The summed E-state index contributed by atoms with van der Waals surface area (Å²) in [7, 11) is -2.72. The topological polar surface area (TPSA) is 49.4 Å². The molecule has 0 spiro atoms. The molecule has 2 unspecified atom stereocenters. The average Bonchev–Trinajstić information content (AvgIpc) is 2.77. The lowest BCUT2D eigenvalue weighted by Crippen LogP contribution is -2.45. The van der Waals surface area contributed by atoms with Gasteiger partial charge >= 0.3 is 0 Å². The summed E-state index contributed by atoms with van der Waals surface area (Å²) in [6.07, 6.45) is 2.55. The molecule has 1 saturated carbocycles. The Morgan fingerprint density at radius 1 is 1.00 bits per heavy atom. The van der Waals surface area contributed by atoms with Crippen molar-refractivity contribution in [1.82, 2.24) is 10.2 Å². The molecular weight excluding hydrogens is 224 g/mol. The van der Waals surface area contributed by atoms with Crippen molar-refractivity contribution in [3.8, 4) is 0 Å². The number of hydrogen-bond acceptors (Lipinski definition) is 4. The fourth-order valence-corrected chi connectivity index (χ4v) is 4.75. The van der Waals surface area contributed by atoms with Gasteiger partial charge in [0.2, 0.25) is 0 Å². The highest BCUT2D eigenvalue weighted by molar-refractivity contribution is 7.91. The fraction of sp³-hybridized carbons (Fsp3) is 1.00. The summed E-state index contributed by atoms with van der Waals surface area (Å²) < 4.78 is 22.7. The second-order valence-corrected chi connectivity index (χ2v) is 7.80. The zero-order valence-corrected chi connectivity index (χ0v) is 10.4. The normalized spacial score (nSPS) is 43.4. The molecule has 1 N–H and O–H groups in total. The van der Waals surface area contributed by atoms with Crippen LogP contribution in [0.3, 0.4) is 0 Å². The van der Waals surface area contributed by atoms with Gasteiger partial charge in [-0.1, -0.05) is 0 Å². The molecule has 1 aliphatic carbocycles. The monoisotopic (exact) mass is 244 g/mol. The van der Waals surface area contributed by atoms with Gasteiger partial charge in [-0.2, -0.15) is 0 Å². The third kappa shape index (κ3) is 2.00. The lowest BCUT2D eigenvalue weighted by molar-refractivity contribution is 0.206. The quantitative estimate of drug-likeness (QED) is 0.689. The van der Waals surface area contributed by atoms with Crippen molar-refractivity contribution in [3.63, 3.8) is 0 Å². The summed E-state index contributed by atoms with van der Waals surface area (Å²) in [6.45, 7) is 3.88. The molecule has 0 aromatic carbocycles. The van der Waals surface area contributed by atoms with Crippen LogP contribution in [0, 0.1) is 11.8 Å². The first-order chi connectivity index (χ1) is 7.64. The van der Waals surface area contributed by atoms with E-state index in [0.717, 1.165) is 24.9 Å². The predicted molar refractivity (Wildman–Crippen MR) is 63.1 cm³/mol. The highest BCUT2D eigenvalue weighted by atomic mass is 32.2. The van der Waals surface area contributed by atoms with Crippen molar-refractivity contribution in [3.05, 3.63) is 0 Å². The molecule has 16 heavy (non-hydrogen) atoms. The van der Waals surface area contributed by atoms with Gasteiger partial charge in [-0.05, 0) is 37.8 Å². The summed E-state index contributed by atoms with van der Waals surface area (Å²) >= 11 is 0. The Bertz CT molecular complexity index is 342. The van der Waals surface area contributed by atoms with Crippen LogP contribution in [0.5, 0.6) is 0 Å². The summed E-state index contributed by atoms with van der Waals surface area (Å²) in [6, 6.07) is 0.660. The molecule has 92 valence electrons. The minimum Gasteiger partial charge on any atom is -0.316 e. The first-order valence-corrected chi connectivity index (χ1v) is 8.11. The van der Waals surface area contributed by atoms with Crippen LogP contribution in [0.15, 0.2) is 0 Å². The van der Waals surface area contributed by atoms with E-state index in [-0.39, 0.29) is 0 Å². The Morgan fingerprint density at radius 3 is 2.12 bits per heavy atom. The summed E-state index contributed by atoms with van der Waals surface area (Å²) in [5.41, 5.74) is 0. The Labute approximate surface area is 97.3 Å². The van der Waals surface area contributed by atoms with Crippen LogP contribution in [0.1, 0.15) is 12.8 Å². The molecule has 3 fully saturated rings. The van der Waals surface area contributed by atoms with Gasteiger partial charge in [0.1, 0.15) is 0 Å². The SMILES string of the molecule is O=S1(=O)CCN(C2CC3CNCC3C2)CC1. The largest absolute Gasteiger partial charge is 0.316 e. The minimum absolute atomic E-state index is 0.372. The van der Waals surface area contributed by atoms with E-state index in [1.54, 1.807) is 0 Å². The molecule has 0 aromatic heterocycles. The van der Waals surface area contributed by atoms with Crippen molar-refractivity contribution < 1.29 is 8.42 Å². The molecule has 2 heterocycles. The molecule has 0 bridgehead atoms. The second-order valence-electron chi connectivity index (χ2n) is 5.49. The van der Waals surface area contributed by atoms with Crippen LogP contribution in [0.4, 0.5) is 0 Å². The number of sulfone groups is 1. The molecule has 2 saturated heterocycles. The van der Waals surface area contributed by atoms with Gasteiger partial charge in [0.05, 0.1) is 11.5 Å². The van der Waals surface area contributed by atoms with E-state index >= 15 is 0 Å². The molecule has 2 aliphatic heterocycles. The first kappa shape index (κ1) is 11.0. The van der Waals surface area contributed by atoms with Gasteiger partial charge in [0, 0.05) is 19.1 Å². The van der Waals surface area contributed by atoms with Crippen LogP contribution in [-0.2, 0) is 9.84 Å². The zero-order chi connectivity index (χ0) is 11.2.